The summed E-state index contributed by atoms with van der Waals surface area (Å²) in [6.07, 6.45) is 3.21. The van der Waals surface area contributed by atoms with Crippen LogP contribution >= 0.6 is 0 Å². The average molecular weight is 252 g/mol. The van der Waals surface area contributed by atoms with E-state index in [-0.39, 0.29) is 5.91 Å². The van der Waals surface area contributed by atoms with Crippen molar-refractivity contribution in [3.63, 3.8) is 0 Å². The van der Waals surface area contributed by atoms with Gasteiger partial charge < -0.3 is 10.6 Å². The molecule has 2 N–H and O–H groups in total. The molecule has 0 saturated carbocycles. The lowest BCUT2D eigenvalue weighted by molar-refractivity contribution is -0.111. The van der Waals surface area contributed by atoms with E-state index >= 15 is 0 Å². The molecule has 19 heavy (non-hydrogen) atoms. The summed E-state index contributed by atoms with van der Waals surface area (Å²) in [5, 5.41) is 6.06. The molecule has 0 unspecified atom stereocenters. The maximum atomic E-state index is 11.4. The second-order valence-corrected chi connectivity index (χ2v) is 4.06. The Balaban J connectivity index is 2.00. The highest BCUT2D eigenvalue weighted by atomic mass is 16.1. The summed E-state index contributed by atoms with van der Waals surface area (Å²) in [5.41, 5.74) is 2.80. The molecule has 0 aliphatic carbocycles. The first-order valence-electron chi connectivity index (χ1n) is 6.14. The first kappa shape index (κ1) is 12.9. The first-order chi connectivity index (χ1) is 9.28. The zero-order chi connectivity index (χ0) is 13.5. The van der Waals surface area contributed by atoms with Gasteiger partial charge in [-0.15, -0.1) is 0 Å². The summed E-state index contributed by atoms with van der Waals surface area (Å²) >= 11 is 0. The number of anilines is 3. The van der Waals surface area contributed by atoms with Gasteiger partial charge in [-0.1, -0.05) is 24.3 Å². The van der Waals surface area contributed by atoms with Gasteiger partial charge in [0.1, 0.15) is 0 Å². The van der Waals surface area contributed by atoms with E-state index in [2.05, 4.69) is 10.6 Å². The van der Waals surface area contributed by atoms with Crippen molar-refractivity contribution in [3.05, 3.63) is 66.7 Å². The molecular formula is C16H16N2O. The minimum Gasteiger partial charge on any atom is -0.356 e. The summed E-state index contributed by atoms with van der Waals surface area (Å²) < 4.78 is 0. The lowest BCUT2D eigenvalue weighted by atomic mass is 10.2. The number of rotatable bonds is 4. The van der Waals surface area contributed by atoms with Gasteiger partial charge in [0.15, 0.2) is 0 Å². The van der Waals surface area contributed by atoms with Gasteiger partial charge >= 0.3 is 0 Å². The highest BCUT2D eigenvalue weighted by molar-refractivity contribution is 5.99. The SMILES string of the molecule is CC=CC(=O)Nc1ccc(Nc2ccccc2)cc1. The van der Waals surface area contributed by atoms with E-state index < -0.39 is 0 Å². The van der Waals surface area contributed by atoms with E-state index in [1.54, 1.807) is 6.08 Å². The fourth-order valence-corrected chi connectivity index (χ4v) is 1.66. The van der Waals surface area contributed by atoms with Gasteiger partial charge in [0, 0.05) is 17.1 Å². The predicted molar refractivity (Wildman–Crippen MR) is 79.6 cm³/mol. The lowest BCUT2D eigenvalue weighted by Gasteiger charge is -2.07. The number of benzene rings is 2. The van der Waals surface area contributed by atoms with Crippen LogP contribution in [0.25, 0.3) is 0 Å². The van der Waals surface area contributed by atoms with Gasteiger partial charge in [-0.05, 0) is 49.4 Å². The minimum atomic E-state index is -0.119. The van der Waals surface area contributed by atoms with Crippen LogP contribution in [0.5, 0.6) is 0 Å². The topological polar surface area (TPSA) is 41.1 Å². The standard InChI is InChI=1S/C16H16N2O/c1-2-6-16(19)18-15-11-9-14(10-12-15)17-13-7-4-3-5-8-13/h2-12,17H,1H3,(H,18,19). The van der Waals surface area contributed by atoms with Crippen molar-refractivity contribution in [1.82, 2.24) is 0 Å². The number of carbonyl (C=O) groups excluding carboxylic acids is 1. The maximum Gasteiger partial charge on any atom is 0.248 e. The summed E-state index contributed by atoms with van der Waals surface area (Å²) in [5.74, 6) is -0.119. The predicted octanol–water partition coefficient (Wildman–Crippen LogP) is 3.94. The molecule has 96 valence electrons. The Bertz CT molecular complexity index is 559. The molecule has 2 aromatic carbocycles. The van der Waals surface area contributed by atoms with E-state index in [1.807, 2.05) is 61.5 Å². The summed E-state index contributed by atoms with van der Waals surface area (Å²) in [4.78, 5) is 11.4. The van der Waals surface area contributed by atoms with Crippen molar-refractivity contribution in [2.75, 3.05) is 10.6 Å². The molecule has 0 heterocycles. The van der Waals surface area contributed by atoms with Crippen LogP contribution in [0.4, 0.5) is 17.1 Å². The molecule has 0 aliphatic heterocycles. The zero-order valence-electron chi connectivity index (χ0n) is 10.8. The third-order valence-electron chi connectivity index (χ3n) is 2.53. The number of para-hydroxylation sites is 1. The number of nitrogens with one attached hydrogen (secondary N) is 2. The molecule has 3 heteroatoms. The molecule has 0 bridgehead atoms. The van der Waals surface area contributed by atoms with E-state index in [0.29, 0.717) is 0 Å². The van der Waals surface area contributed by atoms with Crippen molar-refractivity contribution >= 4 is 23.0 Å². The fourth-order valence-electron chi connectivity index (χ4n) is 1.66. The highest BCUT2D eigenvalue weighted by Gasteiger charge is 1.98. The molecule has 0 fully saturated rings. The van der Waals surface area contributed by atoms with Gasteiger partial charge in [-0.2, -0.15) is 0 Å². The van der Waals surface area contributed by atoms with Gasteiger partial charge in [-0.3, -0.25) is 4.79 Å². The van der Waals surface area contributed by atoms with E-state index in [0.717, 1.165) is 17.1 Å². The van der Waals surface area contributed by atoms with Gasteiger partial charge in [-0.25, -0.2) is 0 Å². The number of hydrogen-bond acceptors (Lipinski definition) is 2. The Hall–Kier alpha value is -2.55. The molecule has 0 atom stereocenters. The minimum absolute atomic E-state index is 0.119. The normalized spacial score (nSPS) is 10.4. The lowest BCUT2D eigenvalue weighted by Crippen LogP contribution is -2.07. The van der Waals surface area contributed by atoms with Crippen molar-refractivity contribution in [1.29, 1.82) is 0 Å². The first-order valence-corrected chi connectivity index (χ1v) is 6.14. The van der Waals surface area contributed by atoms with Crippen LogP contribution in [0.2, 0.25) is 0 Å². The van der Waals surface area contributed by atoms with Crippen LogP contribution in [0.3, 0.4) is 0 Å². The fraction of sp³-hybridized carbons (Fsp3) is 0.0625. The third kappa shape index (κ3) is 4.00. The molecule has 0 spiro atoms. The van der Waals surface area contributed by atoms with Gasteiger partial charge in [0.05, 0.1) is 0 Å². The second-order valence-electron chi connectivity index (χ2n) is 4.06. The zero-order valence-corrected chi connectivity index (χ0v) is 10.8. The molecule has 0 radical (unpaired) electrons. The highest BCUT2D eigenvalue weighted by Crippen LogP contribution is 2.18. The van der Waals surface area contributed by atoms with Crippen molar-refractivity contribution < 1.29 is 4.79 Å². The van der Waals surface area contributed by atoms with Crippen LogP contribution in [-0.2, 0) is 4.79 Å². The quantitative estimate of drug-likeness (QED) is 0.809. The van der Waals surface area contributed by atoms with Crippen molar-refractivity contribution in [3.8, 4) is 0 Å². The molecule has 2 aromatic rings. The molecule has 0 saturated heterocycles. The Labute approximate surface area is 113 Å². The summed E-state index contributed by atoms with van der Waals surface area (Å²) in [6.45, 7) is 1.81. The summed E-state index contributed by atoms with van der Waals surface area (Å²) in [6, 6.07) is 17.5. The van der Waals surface area contributed by atoms with Crippen LogP contribution in [0, 0.1) is 0 Å². The third-order valence-corrected chi connectivity index (χ3v) is 2.53. The van der Waals surface area contributed by atoms with E-state index in [9.17, 15) is 4.79 Å². The molecule has 0 aromatic heterocycles. The monoisotopic (exact) mass is 252 g/mol. The van der Waals surface area contributed by atoms with E-state index in [1.165, 1.54) is 6.08 Å². The Morgan fingerprint density at radius 1 is 0.895 bits per heavy atom. The van der Waals surface area contributed by atoms with Gasteiger partial charge in [0.2, 0.25) is 5.91 Å². The average Bonchev–Trinajstić information content (AvgIpc) is 2.42. The van der Waals surface area contributed by atoms with Crippen LogP contribution in [-0.4, -0.2) is 5.91 Å². The second kappa shape index (κ2) is 6.40. The maximum absolute atomic E-state index is 11.4. The molecule has 2 rings (SSSR count). The molecule has 3 nitrogen and oxygen atoms in total. The number of allylic oxidation sites excluding steroid dienone is 1. The van der Waals surface area contributed by atoms with Crippen molar-refractivity contribution in [2.45, 2.75) is 6.92 Å². The van der Waals surface area contributed by atoms with Crippen LogP contribution in [0.15, 0.2) is 66.7 Å². The molecule has 1 amide bonds. The van der Waals surface area contributed by atoms with Gasteiger partial charge in [0.25, 0.3) is 0 Å². The van der Waals surface area contributed by atoms with Crippen LogP contribution < -0.4 is 10.6 Å². The smallest absolute Gasteiger partial charge is 0.248 e. The van der Waals surface area contributed by atoms with Crippen LogP contribution in [0.1, 0.15) is 6.92 Å². The van der Waals surface area contributed by atoms with Crippen molar-refractivity contribution in [2.24, 2.45) is 0 Å². The Morgan fingerprint density at radius 2 is 1.47 bits per heavy atom. The largest absolute Gasteiger partial charge is 0.356 e. The number of amides is 1. The number of carbonyl (C=O) groups is 1. The number of hydrogen-bond donors (Lipinski definition) is 2. The Kier molecular flexibility index (Phi) is 4.34. The summed E-state index contributed by atoms with van der Waals surface area (Å²) in [7, 11) is 0. The Morgan fingerprint density at radius 3 is 2.11 bits per heavy atom. The van der Waals surface area contributed by atoms with E-state index in [4.69, 9.17) is 0 Å². The molecular weight excluding hydrogens is 236 g/mol. The molecule has 0 aliphatic rings.